The average molecular weight is 308 g/mol. The molecule has 2 fully saturated rings. The number of nitrogens with two attached hydrogens (primary N) is 1. The molecule has 21 heavy (non-hydrogen) atoms. The molecule has 0 aromatic heterocycles. The van der Waals surface area contributed by atoms with Crippen molar-refractivity contribution in [2.45, 2.75) is 49.5 Å². The Kier molecular flexibility index (Phi) is 4.33. The number of hydrogen-bond donors (Lipinski definition) is 2. The van der Waals surface area contributed by atoms with E-state index in [9.17, 15) is 8.42 Å². The highest BCUT2D eigenvalue weighted by atomic mass is 32.2. The maximum Gasteiger partial charge on any atom is 0.240 e. The van der Waals surface area contributed by atoms with E-state index in [0.29, 0.717) is 23.3 Å². The maximum absolute atomic E-state index is 12.5. The first-order chi connectivity index (χ1) is 10.1. The van der Waals surface area contributed by atoms with Crippen LogP contribution in [0, 0.1) is 11.8 Å². The van der Waals surface area contributed by atoms with Crippen molar-refractivity contribution in [2.24, 2.45) is 17.6 Å². The molecular formula is C16H24N2O2S. The largest absolute Gasteiger partial charge is 0.330 e. The van der Waals surface area contributed by atoms with Gasteiger partial charge in [0.05, 0.1) is 4.90 Å². The van der Waals surface area contributed by atoms with Crippen LogP contribution in [0.3, 0.4) is 0 Å². The molecule has 0 atom stereocenters. The van der Waals surface area contributed by atoms with Gasteiger partial charge in [-0.05, 0) is 74.6 Å². The summed E-state index contributed by atoms with van der Waals surface area (Å²) in [4.78, 5) is 0.380. The summed E-state index contributed by atoms with van der Waals surface area (Å²) in [5, 5.41) is 0. The van der Waals surface area contributed by atoms with Crippen molar-refractivity contribution < 1.29 is 8.42 Å². The highest BCUT2D eigenvalue weighted by molar-refractivity contribution is 7.89. The molecule has 0 aliphatic heterocycles. The van der Waals surface area contributed by atoms with Gasteiger partial charge < -0.3 is 5.73 Å². The molecule has 4 nitrogen and oxygen atoms in total. The molecule has 2 saturated carbocycles. The molecule has 0 amide bonds. The van der Waals surface area contributed by atoms with Crippen molar-refractivity contribution >= 4 is 10.0 Å². The van der Waals surface area contributed by atoms with Gasteiger partial charge in [0, 0.05) is 6.04 Å². The standard InChI is InChI=1S/C16H24N2O2S/c17-11-1-2-12-3-9-15(10-4-12)21(19,20)18-16(13-5-6-13)14-7-8-14/h3-4,9-10,13-14,16,18H,1-2,5-8,11,17H2. The molecule has 0 unspecified atom stereocenters. The lowest BCUT2D eigenvalue weighted by molar-refractivity contribution is 0.471. The second-order valence-electron chi connectivity index (χ2n) is 6.36. The van der Waals surface area contributed by atoms with Crippen molar-refractivity contribution in [3.63, 3.8) is 0 Å². The SMILES string of the molecule is NCCCc1ccc(S(=O)(=O)NC(C2CC2)C2CC2)cc1. The third-order valence-electron chi connectivity index (χ3n) is 4.45. The zero-order valence-corrected chi connectivity index (χ0v) is 13.1. The normalized spacial score (nSPS) is 19.1. The van der Waals surface area contributed by atoms with E-state index in [2.05, 4.69) is 4.72 Å². The van der Waals surface area contributed by atoms with Gasteiger partial charge in [-0.2, -0.15) is 0 Å². The van der Waals surface area contributed by atoms with Crippen LogP contribution < -0.4 is 10.5 Å². The van der Waals surface area contributed by atoms with E-state index in [1.165, 1.54) is 25.7 Å². The van der Waals surface area contributed by atoms with Gasteiger partial charge in [0.15, 0.2) is 0 Å². The summed E-state index contributed by atoms with van der Waals surface area (Å²) in [5.41, 5.74) is 6.63. The lowest BCUT2D eigenvalue weighted by Crippen LogP contribution is -2.38. The molecule has 0 spiro atoms. The maximum atomic E-state index is 12.5. The zero-order chi connectivity index (χ0) is 14.9. The van der Waals surface area contributed by atoms with E-state index in [1.807, 2.05) is 12.1 Å². The monoisotopic (exact) mass is 308 g/mol. The van der Waals surface area contributed by atoms with Gasteiger partial charge in [-0.15, -0.1) is 0 Å². The Hall–Kier alpha value is -0.910. The predicted molar refractivity (Wildman–Crippen MR) is 83.4 cm³/mol. The summed E-state index contributed by atoms with van der Waals surface area (Å²) in [5.74, 6) is 1.13. The quantitative estimate of drug-likeness (QED) is 0.772. The molecule has 116 valence electrons. The van der Waals surface area contributed by atoms with Crippen molar-refractivity contribution in [3.8, 4) is 0 Å². The predicted octanol–water partition coefficient (Wildman–Crippen LogP) is 2.04. The van der Waals surface area contributed by atoms with Crippen molar-refractivity contribution in [1.82, 2.24) is 4.72 Å². The highest BCUT2D eigenvalue weighted by Gasteiger charge is 2.43. The summed E-state index contributed by atoms with van der Waals surface area (Å²) in [6.45, 7) is 0.659. The van der Waals surface area contributed by atoms with Crippen LogP contribution in [0.2, 0.25) is 0 Å². The van der Waals surface area contributed by atoms with Gasteiger partial charge in [-0.1, -0.05) is 12.1 Å². The summed E-state index contributed by atoms with van der Waals surface area (Å²) in [7, 11) is -3.38. The lowest BCUT2D eigenvalue weighted by atomic mass is 10.1. The minimum atomic E-state index is -3.38. The van der Waals surface area contributed by atoms with Gasteiger partial charge in [-0.3, -0.25) is 0 Å². The topological polar surface area (TPSA) is 72.2 Å². The molecule has 2 aliphatic carbocycles. The fraction of sp³-hybridized carbons (Fsp3) is 0.625. The second kappa shape index (κ2) is 6.07. The molecule has 2 aliphatic rings. The fourth-order valence-corrected chi connectivity index (χ4v) is 4.25. The van der Waals surface area contributed by atoms with Gasteiger partial charge in [-0.25, -0.2) is 13.1 Å². The van der Waals surface area contributed by atoms with Crippen LogP contribution in [0.25, 0.3) is 0 Å². The Labute approximate surface area is 127 Å². The van der Waals surface area contributed by atoms with Gasteiger partial charge in [0.25, 0.3) is 0 Å². The first-order valence-corrected chi connectivity index (χ1v) is 9.40. The smallest absolute Gasteiger partial charge is 0.240 e. The van der Waals surface area contributed by atoms with E-state index in [-0.39, 0.29) is 6.04 Å². The molecule has 0 radical (unpaired) electrons. The summed E-state index contributed by atoms with van der Waals surface area (Å²) in [6, 6.07) is 7.38. The summed E-state index contributed by atoms with van der Waals surface area (Å²) >= 11 is 0. The Bertz CT molecular complexity index is 563. The van der Waals surface area contributed by atoms with Gasteiger partial charge in [0.1, 0.15) is 0 Å². The first kappa shape index (κ1) is 15.0. The Morgan fingerprint density at radius 2 is 1.67 bits per heavy atom. The van der Waals surface area contributed by atoms with E-state index < -0.39 is 10.0 Å². The molecular weight excluding hydrogens is 284 g/mol. The van der Waals surface area contributed by atoms with Crippen LogP contribution in [0.5, 0.6) is 0 Å². The first-order valence-electron chi connectivity index (χ1n) is 7.91. The van der Waals surface area contributed by atoms with E-state index in [0.717, 1.165) is 18.4 Å². The molecule has 5 heteroatoms. The number of nitrogens with one attached hydrogen (secondary N) is 1. The van der Waals surface area contributed by atoms with Crippen molar-refractivity contribution in [3.05, 3.63) is 29.8 Å². The van der Waals surface area contributed by atoms with Crippen molar-refractivity contribution in [1.29, 1.82) is 0 Å². The fourth-order valence-electron chi connectivity index (χ4n) is 2.88. The van der Waals surface area contributed by atoms with E-state index in [4.69, 9.17) is 5.73 Å². The molecule has 1 aromatic carbocycles. The Morgan fingerprint density at radius 1 is 1.10 bits per heavy atom. The minimum absolute atomic E-state index is 0.159. The Morgan fingerprint density at radius 3 is 2.14 bits per heavy atom. The molecule has 3 N–H and O–H groups in total. The highest BCUT2D eigenvalue weighted by Crippen LogP contribution is 2.45. The lowest BCUT2D eigenvalue weighted by Gasteiger charge is -2.17. The number of sulfonamides is 1. The molecule has 0 heterocycles. The van der Waals surface area contributed by atoms with Crippen LogP contribution >= 0.6 is 0 Å². The van der Waals surface area contributed by atoms with Crippen LogP contribution in [0.15, 0.2) is 29.2 Å². The van der Waals surface area contributed by atoms with Gasteiger partial charge >= 0.3 is 0 Å². The average Bonchev–Trinajstić information content (AvgIpc) is 3.36. The van der Waals surface area contributed by atoms with Crippen LogP contribution in [-0.4, -0.2) is 21.0 Å². The Balaban J connectivity index is 1.68. The van der Waals surface area contributed by atoms with Crippen molar-refractivity contribution in [2.75, 3.05) is 6.54 Å². The molecule has 3 rings (SSSR count). The third kappa shape index (κ3) is 3.84. The summed E-state index contributed by atoms with van der Waals surface area (Å²) < 4.78 is 28.0. The number of rotatable bonds is 8. The zero-order valence-electron chi connectivity index (χ0n) is 12.3. The van der Waals surface area contributed by atoms with E-state index in [1.54, 1.807) is 12.1 Å². The molecule has 0 saturated heterocycles. The van der Waals surface area contributed by atoms with E-state index >= 15 is 0 Å². The molecule has 0 bridgehead atoms. The summed E-state index contributed by atoms with van der Waals surface area (Å²) in [6.07, 6.45) is 6.50. The second-order valence-corrected chi connectivity index (χ2v) is 8.07. The van der Waals surface area contributed by atoms with Crippen LogP contribution in [-0.2, 0) is 16.4 Å². The van der Waals surface area contributed by atoms with Crippen LogP contribution in [0.4, 0.5) is 0 Å². The van der Waals surface area contributed by atoms with Gasteiger partial charge in [0.2, 0.25) is 10.0 Å². The third-order valence-corrected chi connectivity index (χ3v) is 5.93. The number of hydrogen-bond acceptors (Lipinski definition) is 3. The number of aryl methyl sites for hydroxylation is 1. The molecule has 1 aromatic rings. The van der Waals surface area contributed by atoms with Crippen LogP contribution in [0.1, 0.15) is 37.7 Å². The number of benzene rings is 1. The minimum Gasteiger partial charge on any atom is -0.330 e.